The fraction of sp³-hybridized carbons (Fsp3) is 0.625. The summed E-state index contributed by atoms with van der Waals surface area (Å²) in [5, 5.41) is 0.740. The molecule has 0 N–H and O–H groups in total. The van der Waals surface area contributed by atoms with Crippen LogP contribution in [0.3, 0.4) is 0 Å². The molecule has 0 amide bonds. The molecule has 19 heavy (non-hydrogen) atoms. The summed E-state index contributed by atoms with van der Waals surface area (Å²) in [7, 11) is 0. The van der Waals surface area contributed by atoms with Crippen LogP contribution in [0.2, 0.25) is 5.02 Å². The monoisotopic (exact) mass is 342 g/mol. The third-order valence-electron chi connectivity index (χ3n) is 4.83. The second-order valence-corrected chi connectivity index (χ2v) is 7.55. The Morgan fingerprint density at radius 1 is 1.26 bits per heavy atom. The molecule has 0 aliphatic heterocycles. The number of alkyl halides is 1. The van der Waals surface area contributed by atoms with E-state index >= 15 is 0 Å². The van der Waals surface area contributed by atoms with Crippen molar-refractivity contribution in [2.45, 2.75) is 56.4 Å². The van der Waals surface area contributed by atoms with E-state index in [1.165, 1.54) is 37.7 Å². The summed E-state index contributed by atoms with van der Waals surface area (Å²) < 4.78 is 6.24. The van der Waals surface area contributed by atoms with Crippen LogP contribution in [-0.2, 0) is 0 Å². The van der Waals surface area contributed by atoms with Crippen molar-refractivity contribution in [2.75, 3.05) is 0 Å². The second-order valence-electron chi connectivity index (χ2n) is 6.04. The summed E-state index contributed by atoms with van der Waals surface area (Å²) in [6, 6.07) is 6.06. The van der Waals surface area contributed by atoms with E-state index in [1.54, 1.807) is 0 Å². The summed E-state index contributed by atoms with van der Waals surface area (Å²) in [4.78, 5) is 0.620. The Morgan fingerprint density at radius 2 is 2.00 bits per heavy atom. The highest BCUT2D eigenvalue weighted by atomic mass is 79.9. The minimum Gasteiger partial charge on any atom is -0.488 e. The highest BCUT2D eigenvalue weighted by molar-refractivity contribution is 9.09. The van der Waals surface area contributed by atoms with Crippen molar-refractivity contribution in [2.24, 2.45) is 5.41 Å². The Bertz CT molecular complexity index is 468. The van der Waals surface area contributed by atoms with Gasteiger partial charge in [0.15, 0.2) is 0 Å². The molecule has 1 aromatic rings. The Hall–Kier alpha value is -0.210. The van der Waals surface area contributed by atoms with Crippen molar-refractivity contribution in [1.29, 1.82) is 0 Å². The average molecular weight is 344 g/mol. The first-order chi connectivity index (χ1) is 9.12. The van der Waals surface area contributed by atoms with Gasteiger partial charge in [0, 0.05) is 10.2 Å². The number of hydrogen-bond acceptors (Lipinski definition) is 1. The summed E-state index contributed by atoms with van der Waals surface area (Å²) in [6.45, 7) is 2.05. The van der Waals surface area contributed by atoms with Crippen LogP contribution in [0.4, 0.5) is 0 Å². The lowest BCUT2D eigenvalue weighted by Gasteiger charge is -2.55. The number of aryl methyl sites for hydroxylation is 1. The zero-order valence-electron chi connectivity index (χ0n) is 11.3. The predicted molar refractivity (Wildman–Crippen MR) is 83.5 cm³/mol. The fourth-order valence-electron chi connectivity index (χ4n) is 3.56. The maximum absolute atomic E-state index is 6.28. The molecule has 2 saturated carbocycles. The van der Waals surface area contributed by atoms with Gasteiger partial charge in [-0.15, -0.1) is 0 Å². The summed E-state index contributed by atoms with van der Waals surface area (Å²) >= 11 is 10.1. The zero-order valence-corrected chi connectivity index (χ0v) is 13.6. The van der Waals surface area contributed by atoms with E-state index in [0.717, 1.165) is 17.2 Å². The quantitative estimate of drug-likeness (QED) is 0.643. The molecule has 2 unspecified atom stereocenters. The van der Waals surface area contributed by atoms with Crippen molar-refractivity contribution >= 4 is 27.5 Å². The predicted octanol–water partition coefficient (Wildman–Crippen LogP) is 5.51. The van der Waals surface area contributed by atoms with E-state index in [4.69, 9.17) is 16.3 Å². The van der Waals surface area contributed by atoms with E-state index in [-0.39, 0.29) is 0 Å². The summed E-state index contributed by atoms with van der Waals surface area (Å²) in [5.41, 5.74) is 1.53. The number of halogens is 2. The van der Waals surface area contributed by atoms with Crippen LogP contribution in [0, 0.1) is 12.3 Å². The molecule has 1 spiro atoms. The fourth-order valence-corrected chi connectivity index (χ4v) is 4.94. The number of benzene rings is 1. The molecule has 2 aliphatic rings. The van der Waals surface area contributed by atoms with Gasteiger partial charge in [0.25, 0.3) is 0 Å². The Balaban J connectivity index is 1.76. The van der Waals surface area contributed by atoms with Crippen molar-refractivity contribution < 1.29 is 4.74 Å². The molecule has 2 atom stereocenters. The molecule has 0 bridgehead atoms. The highest BCUT2D eigenvalue weighted by Gasteiger charge is 2.55. The first kappa shape index (κ1) is 13.8. The first-order valence-electron chi connectivity index (χ1n) is 7.19. The SMILES string of the molecule is Cc1ccc(OC2CC(Br)C23CCCCC3)c(Cl)c1. The lowest BCUT2D eigenvalue weighted by atomic mass is 9.58. The van der Waals surface area contributed by atoms with Gasteiger partial charge in [0.2, 0.25) is 0 Å². The van der Waals surface area contributed by atoms with E-state index in [1.807, 2.05) is 12.1 Å². The number of rotatable bonds is 2. The van der Waals surface area contributed by atoms with Crippen LogP contribution in [-0.4, -0.2) is 10.9 Å². The van der Waals surface area contributed by atoms with Gasteiger partial charge >= 0.3 is 0 Å². The van der Waals surface area contributed by atoms with Gasteiger partial charge < -0.3 is 4.74 Å². The third-order valence-corrected chi connectivity index (χ3v) is 6.41. The molecule has 0 radical (unpaired) electrons. The standard InChI is InChI=1S/C16H20BrClO/c1-11-5-6-13(12(18)9-11)19-15-10-14(17)16(15)7-3-2-4-8-16/h5-6,9,14-15H,2-4,7-8,10H2,1H3. The molecule has 1 nitrogen and oxygen atoms in total. The zero-order chi connectivity index (χ0) is 13.5. The molecular weight excluding hydrogens is 324 g/mol. The average Bonchev–Trinajstić information content (AvgIpc) is 2.42. The van der Waals surface area contributed by atoms with Gasteiger partial charge in [-0.2, -0.15) is 0 Å². The van der Waals surface area contributed by atoms with E-state index in [9.17, 15) is 0 Å². The second kappa shape index (κ2) is 5.29. The van der Waals surface area contributed by atoms with Crippen LogP contribution in [0.1, 0.15) is 44.1 Å². The topological polar surface area (TPSA) is 9.23 Å². The van der Waals surface area contributed by atoms with E-state index in [2.05, 4.69) is 28.9 Å². The molecule has 0 heterocycles. The molecule has 3 rings (SSSR count). The van der Waals surface area contributed by atoms with Gasteiger partial charge in [0.05, 0.1) is 5.02 Å². The van der Waals surface area contributed by atoms with Gasteiger partial charge in [-0.25, -0.2) is 0 Å². The minimum absolute atomic E-state index is 0.331. The number of ether oxygens (including phenoxy) is 1. The molecule has 2 fully saturated rings. The molecule has 3 heteroatoms. The highest BCUT2D eigenvalue weighted by Crippen LogP contribution is 2.56. The first-order valence-corrected chi connectivity index (χ1v) is 8.48. The lowest BCUT2D eigenvalue weighted by Crippen LogP contribution is -2.57. The van der Waals surface area contributed by atoms with Gasteiger partial charge in [-0.1, -0.05) is 52.9 Å². The van der Waals surface area contributed by atoms with Crippen LogP contribution >= 0.6 is 27.5 Å². The Morgan fingerprint density at radius 3 is 2.63 bits per heavy atom. The van der Waals surface area contributed by atoms with E-state index < -0.39 is 0 Å². The molecule has 104 valence electrons. The van der Waals surface area contributed by atoms with Gasteiger partial charge in [-0.05, 0) is 43.9 Å². The normalized spacial score (nSPS) is 29.0. The summed E-state index contributed by atoms with van der Waals surface area (Å²) in [6.07, 6.45) is 8.06. The molecule has 1 aromatic carbocycles. The smallest absolute Gasteiger partial charge is 0.138 e. The Kier molecular flexibility index (Phi) is 3.83. The van der Waals surface area contributed by atoms with Crippen LogP contribution < -0.4 is 4.74 Å². The molecule has 0 aromatic heterocycles. The lowest BCUT2D eigenvalue weighted by molar-refractivity contribution is -0.0600. The Labute approximate surface area is 128 Å². The van der Waals surface area contributed by atoms with E-state index in [0.29, 0.717) is 16.3 Å². The maximum Gasteiger partial charge on any atom is 0.138 e. The molecular formula is C16H20BrClO. The van der Waals surface area contributed by atoms with Crippen molar-refractivity contribution in [3.8, 4) is 5.75 Å². The van der Waals surface area contributed by atoms with Gasteiger partial charge in [-0.3, -0.25) is 0 Å². The van der Waals surface area contributed by atoms with Crippen molar-refractivity contribution in [1.82, 2.24) is 0 Å². The molecule has 2 aliphatic carbocycles. The van der Waals surface area contributed by atoms with Crippen molar-refractivity contribution in [3.05, 3.63) is 28.8 Å². The number of hydrogen-bond donors (Lipinski definition) is 0. The minimum atomic E-state index is 0.331. The third kappa shape index (κ3) is 2.42. The van der Waals surface area contributed by atoms with Crippen LogP contribution in [0.5, 0.6) is 5.75 Å². The van der Waals surface area contributed by atoms with Crippen molar-refractivity contribution in [3.63, 3.8) is 0 Å². The largest absolute Gasteiger partial charge is 0.488 e. The maximum atomic E-state index is 6.28. The van der Waals surface area contributed by atoms with Gasteiger partial charge in [0.1, 0.15) is 11.9 Å². The van der Waals surface area contributed by atoms with Crippen LogP contribution in [0.15, 0.2) is 18.2 Å². The van der Waals surface area contributed by atoms with Crippen LogP contribution in [0.25, 0.3) is 0 Å². The summed E-state index contributed by atoms with van der Waals surface area (Å²) in [5.74, 6) is 0.849. The molecule has 0 saturated heterocycles.